The second-order valence-corrected chi connectivity index (χ2v) is 18.7. The Labute approximate surface area is 372 Å². The van der Waals surface area contributed by atoms with Crippen LogP contribution in [0.25, 0.3) is 89.1 Å². The molecule has 0 N–H and O–H groups in total. The molecule has 9 aromatic carbocycles. The molecule has 302 valence electrons. The Balaban J connectivity index is 0.982. The second-order valence-electron chi connectivity index (χ2n) is 15.9. The van der Waals surface area contributed by atoms with Crippen molar-refractivity contribution in [3.63, 3.8) is 0 Å². The lowest BCUT2D eigenvalue weighted by atomic mass is 9.92. The van der Waals surface area contributed by atoms with Gasteiger partial charge in [-0.25, -0.2) is 15.0 Å². The summed E-state index contributed by atoms with van der Waals surface area (Å²) in [6.45, 7) is 0. The third-order valence-corrected chi connectivity index (χ3v) is 15.1. The second kappa shape index (κ2) is 16.7. The Morgan fingerprint density at radius 2 is 0.781 bits per heavy atom. The lowest BCUT2D eigenvalue weighted by molar-refractivity contribution is 0.592. The van der Waals surface area contributed by atoms with Gasteiger partial charge in [-0.3, -0.25) is 0 Å². The molecule has 0 bridgehead atoms. The summed E-state index contributed by atoms with van der Waals surface area (Å²) < 4.78 is 15.1. The molecule has 0 radical (unpaired) electrons. The minimum atomic E-state index is -3.13. The molecule has 0 amide bonds. The molecule has 0 saturated carbocycles. The largest absolute Gasteiger partial charge is 0.309 e. The molecule has 0 saturated heterocycles. The fraction of sp³-hybridized carbons (Fsp3) is 0. The van der Waals surface area contributed by atoms with Gasteiger partial charge in [-0.2, -0.15) is 0 Å². The molecule has 0 aliphatic rings. The number of hydrogen-bond donors (Lipinski definition) is 0. The Morgan fingerprint density at radius 1 is 0.312 bits per heavy atom. The molecule has 5 heteroatoms. The Morgan fingerprint density at radius 3 is 1.36 bits per heavy atom. The Bertz CT molecular complexity index is 3430. The van der Waals surface area contributed by atoms with E-state index in [1.807, 2.05) is 127 Å². The van der Waals surface area contributed by atoms with Crippen molar-refractivity contribution < 1.29 is 4.57 Å². The molecule has 64 heavy (non-hydrogen) atoms. The molecule has 11 aromatic rings. The molecule has 0 aliphatic heterocycles. The van der Waals surface area contributed by atoms with Crippen molar-refractivity contribution in [2.75, 3.05) is 0 Å². The Hall–Kier alpha value is -8.04. The molecule has 0 unspecified atom stereocenters. The van der Waals surface area contributed by atoms with E-state index in [2.05, 4.69) is 115 Å². The minimum absolute atomic E-state index is 0.636. The molecule has 11 rings (SSSR count). The number of rotatable bonds is 9. The summed E-state index contributed by atoms with van der Waals surface area (Å²) in [5, 5.41) is 5.82. The predicted octanol–water partition coefficient (Wildman–Crippen LogP) is 13.8. The van der Waals surface area contributed by atoms with Crippen molar-refractivity contribution in [2.24, 2.45) is 0 Å². The van der Waals surface area contributed by atoms with Gasteiger partial charge in [0.25, 0.3) is 0 Å². The molecule has 4 nitrogen and oxygen atoms in total. The van der Waals surface area contributed by atoms with Gasteiger partial charge in [0.1, 0.15) is 0 Å². The first-order valence-corrected chi connectivity index (χ1v) is 23.2. The zero-order valence-corrected chi connectivity index (χ0v) is 35.7. The summed E-state index contributed by atoms with van der Waals surface area (Å²) >= 11 is 0. The van der Waals surface area contributed by atoms with Crippen LogP contribution in [-0.2, 0) is 4.57 Å². The summed E-state index contributed by atoms with van der Waals surface area (Å²) in [5.41, 5.74) is 11.9. The van der Waals surface area contributed by atoms with E-state index in [9.17, 15) is 0 Å². The highest BCUT2D eigenvalue weighted by molar-refractivity contribution is 7.85. The zero-order valence-electron chi connectivity index (χ0n) is 34.8. The third-order valence-electron chi connectivity index (χ3n) is 12.0. The van der Waals surface area contributed by atoms with Gasteiger partial charge in [-0.1, -0.05) is 231 Å². The molecule has 0 fully saturated rings. The molecule has 0 atom stereocenters. The van der Waals surface area contributed by atoms with Crippen molar-refractivity contribution in [2.45, 2.75) is 0 Å². The summed E-state index contributed by atoms with van der Waals surface area (Å²) in [5.74, 6) is 0.636. The van der Waals surface area contributed by atoms with Crippen LogP contribution >= 0.6 is 7.14 Å². The summed E-state index contributed by atoms with van der Waals surface area (Å²) in [6, 6.07) is 82.5. The van der Waals surface area contributed by atoms with Crippen LogP contribution in [0.4, 0.5) is 0 Å². The van der Waals surface area contributed by atoms with Crippen LogP contribution < -0.4 is 15.9 Å². The van der Waals surface area contributed by atoms with Crippen LogP contribution in [0, 0.1) is 0 Å². The van der Waals surface area contributed by atoms with E-state index in [0.717, 1.165) is 82.7 Å². The van der Waals surface area contributed by atoms with Gasteiger partial charge in [0, 0.05) is 54.3 Å². The molecule has 0 aliphatic carbocycles. The van der Waals surface area contributed by atoms with Gasteiger partial charge >= 0.3 is 0 Å². The van der Waals surface area contributed by atoms with Crippen molar-refractivity contribution in [3.8, 4) is 67.4 Å². The van der Waals surface area contributed by atoms with Gasteiger partial charge in [0.2, 0.25) is 0 Å². The van der Waals surface area contributed by atoms with Gasteiger partial charge in [0.15, 0.2) is 13.0 Å². The van der Waals surface area contributed by atoms with E-state index in [1.165, 1.54) is 16.5 Å². The monoisotopic (exact) mass is 837 g/mol. The molecular formula is C59H40N3OP. The topological polar surface area (TPSA) is 55.7 Å². The van der Waals surface area contributed by atoms with Crippen LogP contribution in [0.15, 0.2) is 243 Å². The number of hydrogen-bond acceptors (Lipinski definition) is 4. The smallest absolute Gasteiger partial charge is 0.171 e. The van der Waals surface area contributed by atoms with E-state index in [4.69, 9.17) is 15.0 Å². The van der Waals surface area contributed by atoms with E-state index >= 15 is 4.57 Å². The number of nitrogens with zero attached hydrogens (tertiary/aromatic N) is 3. The Kier molecular flexibility index (Phi) is 10.1. The fourth-order valence-corrected chi connectivity index (χ4v) is 11.4. The van der Waals surface area contributed by atoms with E-state index in [0.29, 0.717) is 5.82 Å². The number of pyridine rings is 1. The van der Waals surface area contributed by atoms with Crippen LogP contribution in [0.1, 0.15) is 0 Å². The lowest BCUT2D eigenvalue weighted by Crippen LogP contribution is -2.24. The quantitative estimate of drug-likeness (QED) is 0.107. The van der Waals surface area contributed by atoms with E-state index in [1.54, 1.807) is 0 Å². The normalized spacial score (nSPS) is 11.5. The molecular weight excluding hydrogens is 798 g/mol. The molecule has 0 spiro atoms. The lowest BCUT2D eigenvalue weighted by Gasteiger charge is -2.20. The highest BCUT2D eigenvalue weighted by Gasteiger charge is 2.29. The number of aromatic nitrogens is 3. The number of fused-ring (bicyclic) bond motifs is 3. The van der Waals surface area contributed by atoms with Crippen LogP contribution in [0.3, 0.4) is 0 Å². The van der Waals surface area contributed by atoms with Crippen molar-refractivity contribution >= 4 is 44.7 Å². The molecule has 2 heterocycles. The molecule has 2 aromatic heterocycles. The van der Waals surface area contributed by atoms with Crippen molar-refractivity contribution in [1.29, 1.82) is 0 Å². The first kappa shape index (κ1) is 38.9. The predicted molar refractivity (Wildman–Crippen MR) is 267 cm³/mol. The number of benzene rings is 9. The summed E-state index contributed by atoms with van der Waals surface area (Å²) in [7, 11) is -3.13. The van der Waals surface area contributed by atoms with Crippen LogP contribution in [0.2, 0.25) is 0 Å². The van der Waals surface area contributed by atoms with Crippen LogP contribution in [-0.4, -0.2) is 15.0 Å². The summed E-state index contributed by atoms with van der Waals surface area (Å²) in [4.78, 5) is 15.6. The minimum Gasteiger partial charge on any atom is -0.309 e. The van der Waals surface area contributed by atoms with Crippen LogP contribution in [0.5, 0.6) is 0 Å². The average molecular weight is 838 g/mol. The fourth-order valence-electron chi connectivity index (χ4n) is 8.77. The standard InChI is InChI=1S/C59H40N3OP/c63-64(48-23-12-4-13-24-48,49-25-14-5-15-26-49)50-36-33-44(34-37-50)55-40-54(61-59(62-55)46-21-10-3-11-22-46)43-31-29-41(30-32-43)47-35-38-52-56(39-47)60-58(45-19-8-2-9-20-45)53-28-16-27-51(57(52)53)42-17-6-1-7-18-42/h1-40H. The van der Waals surface area contributed by atoms with Gasteiger partial charge < -0.3 is 4.57 Å². The summed E-state index contributed by atoms with van der Waals surface area (Å²) in [6.07, 6.45) is 0. The first-order chi connectivity index (χ1) is 31.6. The highest BCUT2D eigenvalue weighted by atomic mass is 31.2. The maximum Gasteiger partial charge on any atom is 0.171 e. The van der Waals surface area contributed by atoms with E-state index in [-0.39, 0.29) is 0 Å². The van der Waals surface area contributed by atoms with Gasteiger partial charge in [-0.05, 0) is 34.4 Å². The average Bonchev–Trinajstić information content (AvgIpc) is 3.39. The third kappa shape index (κ3) is 7.20. The van der Waals surface area contributed by atoms with Gasteiger partial charge in [-0.15, -0.1) is 0 Å². The highest BCUT2D eigenvalue weighted by Crippen LogP contribution is 2.43. The van der Waals surface area contributed by atoms with Gasteiger partial charge in [0.05, 0.1) is 22.6 Å². The maximum atomic E-state index is 15.1. The van der Waals surface area contributed by atoms with Crippen molar-refractivity contribution in [3.05, 3.63) is 243 Å². The zero-order chi connectivity index (χ0) is 42.9. The van der Waals surface area contributed by atoms with E-state index < -0.39 is 7.14 Å². The first-order valence-electron chi connectivity index (χ1n) is 21.5. The maximum absolute atomic E-state index is 15.1. The van der Waals surface area contributed by atoms with Crippen molar-refractivity contribution in [1.82, 2.24) is 15.0 Å². The SMILES string of the molecule is O=P(c1ccccc1)(c1ccccc1)c1ccc(-c2cc(-c3ccc(-c4ccc5c(c4)nc(-c4ccccc4)c4cccc(-c6ccccc6)c45)cc3)nc(-c3ccccc3)n2)cc1.